The number of urea groups is 1. The first-order valence-corrected chi connectivity index (χ1v) is 9.70. The monoisotopic (exact) mass is 414 g/mol. The minimum atomic E-state index is -0.947. The number of amides is 3. The number of rotatable bonds is 4. The number of carbonyl (C=O) groups is 2. The molecule has 1 saturated carbocycles. The number of aromatic nitrogens is 1. The Morgan fingerprint density at radius 1 is 1.34 bits per heavy atom. The van der Waals surface area contributed by atoms with Crippen molar-refractivity contribution in [2.24, 2.45) is 0 Å². The Balaban J connectivity index is 1.76. The molecule has 0 radical (unpaired) electrons. The van der Waals surface area contributed by atoms with E-state index in [2.05, 4.69) is 4.98 Å². The summed E-state index contributed by atoms with van der Waals surface area (Å²) in [6.45, 7) is 1.43. The van der Waals surface area contributed by atoms with E-state index in [0.29, 0.717) is 29.9 Å². The summed E-state index contributed by atoms with van der Waals surface area (Å²) >= 11 is 6.27. The number of halogens is 1. The van der Waals surface area contributed by atoms with E-state index in [1.165, 1.54) is 17.2 Å². The Morgan fingerprint density at radius 3 is 2.69 bits per heavy atom. The molecule has 8 nitrogen and oxygen atoms in total. The van der Waals surface area contributed by atoms with Gasteiger partial charge in [-0.2, -0.15) is 5.26 Å². The largest absolute Gasteiger partial charge is 0.441 e. The second-order valence-electron chi connectivity index (χ2n) is 7.31. The van der Waals surface area contributed by atoms with Gasteiger partial charge in [-0.3, -0.25) is 9.69 Å². The zero-order chi connectivity index (χ0) is 20.8. The van der Waals surface area contributed by atoms with Gasteiger partial charge in [0, 0.05) is 0 Å². The van der Waals surface area contributed by atoms with E-state index in [1.807, 2.05) is 6.07 Å². The molecule has 2 aliphatic rings. The predicted octanol–water partition coefficient (Wildman–Crippen LogP) is 3.28. The number of hydrogen-bond donors (Lipinski definition) is 1. The van der Waals surface area contributed by atoms with Crippen LogP contribution >= 0.6 is 11.6 Å². The normalized spacial score (nSPS) is 18.1. The van der Waals surface area contributed by atoms with Crippen LogP contribution < -0.4 is 4.90 Å². The van der Waals surface area contributed by atoms with Gasteiger partial charge in [0.1, 0.15) is 30.5 Å². The van der Waals surface area contributed by atoms with Crippen LogP contribution in [0.2, 0.25) is 5.02 Å². The number of carbonyl (C=O) groups excluding carboxylic acids is 2. The number of nitrogens with zero attached hydrogens (tertiary/aromatic N) is 4. The number of aliphatic hydroxyl groups excluding tert-OH is 1. The van der Waals surface area contributed by atoms with Crippen molar-refractivity contribution in [1.29, 1.82) is 5.26 Å². The Hall–Kier alpha value is -2.89. The Bertz CT molecular complexity index is 1040. The lowest BCUT2D eigenvalue weighted by molar-refractivity contribution is -0.125. The third-order valence-electron chi connectivity index (χ3n) is 5.74. The summed E-state index contributed by atoms with van der Waals surface area (Å²) in [5.74, 6) is 0.265. The highest BCUT2D eigenvalue weighted by molar-refractivity contribution is 6.33. The molecule has 2 fully saturated rings. The maximum absolute atomic E-state index is 13.5. The van der Waals surface area contributed by atoms with Crippen molar-refractivity contribution in [1.82, 2.24) is 9.88 Å². The smallest absolute Gasteiger partial charge is 0.332 e. The lowest BCUT2D eigenvalue weighted by Crippen LogP contribution is -2.47. The Labute approximate surface area is 172 Å². The molecule has 3 amide bonds. The molecule has 4 rings (SSSR count). The summed E-state index contributed by atoms with van der Waals surface area (Å²) in [6, 6.07) is 4.63. The topological polar surface area (TPSA) is 111 Å². The molecule has 1 aromatic heterocycles. The Kier molecular flexibility index (Phi) is 4.81. The first-order chi connectivity index (χ1) is 13.9. The third kappa shape index (κ3) is 2.89. The zero-order valence-electron chi connectivity index (χ0n) is 15.8. The van der Waals surface area contributed by atoms with Crippen LogP contribution in [0.25, 0.3) is 0 Å². The van der Waals surface area contributed by atoms with Crippen molar-refractivity contribution in [3.8, 4) is 6.07 Å². The van der Waals surface area contributed by atoms with Crippen LogP contribution in [0.3, 0.4) is 0 Å². The molecular weight excluding hydrogens is 396 g/mol. The summed E-state index contributed by atoms with van der Waals surface area (Å²) < 4.78 is 5.45. The number of anilines is 1. The van der Waals surface area contributed by atoms with Gasteiger partial charge >= 0.3 is 6.03 Å². The van der Waals surface area contributed by atoms with E-state index in [9.17, 15) is 20.0 Å². The van der Waals surface area contributed by atoms with Crippen LogP contribution in [0.15, 0.2) is 22.7 Å². The predicted molar refractivity (Wildman–Crippen MR) is 103 cm³/mol. The highest BCUT2D eigenvalue weighted by Gasteiger charge is 2.59. The van der Waals surface area contributed by atoms with Crippen molar-refractivity contribution in [3.63, 3.8) is 0 Å². The molecule has 1 spiro atoms. The van der Waals surface area contributed by atoms with Gasteiger partial charge in [-0.1, -0.05) is 24.4 Å². The van der Waals surface area contributed by atoms with Crippen LogP contribution in [-0.4, -0.2) is 32.5 Å². The lowest BCUT2D eigenvalue weighted by Gasteiger charge is -2.30. The van der Waals surface area contributed by atoms with Gasteiger partial charge in [0.2, 0.25) is 5.89 Å². The molecule has 0 atom stereocenters. The van der Waals surface area contributed by atoms with Gasteiger partial charge in [0.25, 0.3) is 5.91 Å². The zero-order valence-corrected chi connectivity index (χ0v) is 16.6. The van der Waals surface area contributed by atoms with Crippen LogP contribution in [0, 0.1) is 18.3 Å². The number of nitriles is 1. The molecule has 9 heteroatoms. The Morgan fingerprint density at radius 2 is 2.07 bits per heavy atom. The van der Waals surface area contributed by atoms with Gasteiger partial charge in [0.15, 0.2) is 0 Å². The fourth-order valence-corrected chi connectivity index (χ4v) is 4.42. The summed E-state index contributed by atoms with van der Waals surface area (Å²) in [4.78, 5) is 33.6. The first kappa shape index (κ1) is 19.4. The van der Waals surface area contributed by atoms with Crippen LogP contribution in [0.1, 0.15) is 48.5 Å². The SMILES string of the molecule is Cc1c(N2C(=O)N(Cc3ncc(CO)o3)C3(CCCC3)C2=O)ccc(C#N)c1Cl. The van der Waals surface area contributed by atoms with Gasteiger partial charge < -0.3 is 9.52 Å². The molecule has 1 aliphatic carbocycles. The van der Waals surface area contributed by atoms with E-state index in [4.69, 9.17) is 16.0 Å². The van der Waals surface area contributed by atoms with Crippen LogP contribution in [0.4, 0.5) is 10.5 Å². The number of aliphatic hydroxyl groups is 1. The molecule has 1 aromatic carbocycles. The molecule has 2 aromatic rings. The average molecular weight is 415 g/mol. The molecule has 29 heavy (non-hydrogen) atoms. The van der Waals surface area contributed by atoms with Crippen molar-refractivity contribution >= 4 is 29.2 Å². The number of benzene rings is 1. The lowest BCUT2D eigenvalue weighted by atomic mass is 9.95. The number of imide groups is 1. The van der Waals surface area contributed by atoms with E-state index >= 15 is 0 Å². The van der Waals surface area contributed by atoms with E-state index < -0.39 is 11.6 Å². The average Bonchev–Trinajstić information content (AvgIpc) is 3.42. The van der Waals surface area contributed by atoms with Crippen molar-refractivity contribution in [2.75, 3.05) is 4.90 Å². The minimum Gasteiger partial charge on any atom is -0.441 e. The van der Waals surface area contributed by atoms with Gasteiger partial charge in [-0.05, 0) is 37.5 Å². The molecule has 1 aliphatic heterocycles. The number of oxazole rings is 1. The quantitative estimate of drug-likeness (QED) is 0.768. The van der Waals surface area contributed by atoms with Crippen LogP contribution in [-0.2, 0) is 17.9 Å². The third-order valence-corrected chi connectivity index (χ3v) is 6.23. The van der Waals surface area contributed by atoms with E-state index in [1.54, 1.807) is 13.0 Å². The molecular formula is C20H19ClN4O4. The minimum absolute atomic E-state index is 0.0319. The molecule has 150 valence electrons. The van der Waals surface area contributed by atoms with Crippen molar-refractivity contribution in [3.05, 3.63) is 46.1 Å². The number of hydrogen-bond acceptors (Lipinski definition) is 6. The highest BCUT2D eigenvalue weighted by Crippen LogP contribution is 2.45. The van der Waals surface area contributed by atoms with Crippen LogP contribution in [0.5, 0.6) is 0 Å². The van der Waals surface area contributed by atoms with Crippen molar-refractivity contribution < 1.29 is 19.1 Å². The summed E-state index contributed by atoms with van der Waals surface area (Å²) in [5.41, 5.74) is 0.218. The summed E-state index contributed by atoms with van der Waals surface area (Å²) in [6.07, 6.45) is 4.20. The molecule has 2 heterocycles. The van der Waals surface area contributed by atoms with Gasteiger partial charge in [0.05, 0.1) is 22.5 Å². The molecule has 1 N–H and O–H groups in total. The fraction of sp³-hybridized carbons (Fsp3) is 0.400. The fourth-order valence-electron chi connectivity index (χ4n) is 4.22. The van der Waals surface area contributed by atoms with E-state index in [-0.39, 0.29) is 35.5 Å². The van der Waals surface area contributed by atoms with Gasteiger partial charge in [-0.25, -0.2) is 14.7 Å². The standard InChI is InChI=1S/C20H19ClN4O4/c1-12-15(5-4-13(8-22)17(12)21)25-18(27)20(6-2-3-7-20)24(19(25)28)10-16-23-9-14(11-26)29-16/h4-5,9,26H,2-3,6-7,10-11H2,1H3. The van der Waals surface area contributed by atoms with Gasteiger partial charge in [-0.15, -0.1) is 0 Å². The molecule has 0 bridgehead atoms. The summed E-state index contributed by atoms with van der Waals surface area (Å²) in [5, 5.41) is 18.6. The highest BCUT2D eigenvalue weighted by atomic mass is 35.5. The maximum atomic E-state index is 13.5. The maximum Gasteiger partial charge on any atom is 0.332 e. The van der Waals surface area contributed by atoms with E-state index in [0.717, 1.165) is 17.7 Å². The first-order valence-electron chi connectivity index (χ1n) is 9.32. The summed E-state index contributed by atoms with van der Waals surface area (Å²) in [7, 11) is 0. The second-order valence-corrected chi connectivity index (χ2v) is 7.69. The molecule has 0 unspecified atom stereocenters. The second kappa shape index (κ2) is 7.17. The van der Waals surface area contributed by atoms with Crippen molar-refractivity contribution in [2.45, 2.75) is 51.3 Å². The molecule has 1 saturated heterocycles.